The van der Waals surface area contributed by atoms with Crippen molar-refractivity contribution in [3.63, 3.8) is 0 Å². The maximum absolute atomic E-state index is 5.68. The minimum absolute atomic E-state index is 0.639. The van der Waals surface area contributed by atoms with Gasteiger partial charge in [-0.3, -0.25) is 4.90 Å². The second kappa shape index (κ2) is 5.50. The summed E-state index contributed by atoms with van der Waals surface area (Å²) >= 11 is 1.56. The molecule has 0 spiro atoms. The van der Waals surface area contributed by atoms with E-state index in [4.69, 9.17) is 5.73 Å². The highest BCUT2D eigenvalue weighted by atomic mass is 32.1. The Kier molecular flexibility index (Phi) is 3.35. The van der Waals surface area contributed by atoms with E-state index in [1.54, 1.807) is 22.2 Å². The summed E-state index contributed by atoms with van der Waals surface area (Å²) in [5.41, 5.74) is 6.45. The van der Waals surface area contributed by atoms with Gasteiger partial charge in [0.25, 0.3) is 0 Å². The van der Waals surface area contributed by atoms with Crippen LogP contribution in [0.2, 0.25) is 0 Å². The average Bonchev–Trinajstić information content (AvgIpc) is 3.16. The topological polar surface area (TPSA) is 88.5 Å². The van der Waals surface area contributed by atoms with Crippen molar-refractivity contribution in [1.82, 2.24) is 29.7 Å². The molecule has 0 amide bonds. The molecule has 22 heavy (non-hydrogen) atoms. The highest BCUT2D eigenvalue weighted by Gasteiger charge is 2.19. The van der Waals surface area contributed by atoms with E-state index in [0.29, 0.717) is 5.13 Å². The first-order valence-corrected chi connectivity index (χ1v) is 7.94. The Balaban J connectivity index is 1.40. The smallest absolute Gasteiger partial charge is 0.180 e. The van der Waals surface area contributed by atoms with E-state index in [1.165, 1.54) is 4.88 Å². The third-order valence-electron chi connectivity index (χ3n) is 3.79. The van der Waals surface area contributed by atoms with Gasteiger partial charge in [0.2, 0.25) is 0 Å². The number of rotatable bonds is 3. The Hall–Kier alpha value is -2.26. The molecule has 0 saturated carbocycles. The molecule has 4 heterocycles. The molecule has 1 fully saturated rings. The van der Waals surface area contributed by atoms with Crippen molar-refractivity contribution in [2.45, 2.75) is 6.54 Å². The van der Waals surface area contributed by atoms with Gasteiger partial charge in [0.15, 0.2) is 10.8 Å². The van der Waals surface area contributed by atoms with Gasteiger partial charge in [-0.15, -0.1) is 26.6 Å². The maximum Gasteiger partial charge on any atom is 0.180 e. The molecule has 1 saturated heterocycles. The molecule has 2 N–H and O–H groups in total. The van der Waals surface area contributed by atoms with Crippen molar-refractivity contribution in [1.29, 1.82) is 0 Å². The maximum atomic E-state index is 5.68. The predicted octanol–water partition coefficient (Wildman–Crippen LogP) is 0.485. The number of nitrogens with zero attached hydrogens (tertiary/aromatic N) is 7. The zero-order valence-electron chi connectivity index (χ0n) is 12.0. The van der Waals surface area contributed by atoms with Crippen LogP contribution in [0.15, 0.2) is 24.7 Å². The predicted molar refractivity (Wildman–Crippen MR) is 84.8 cm³/mol. The molecule has 0 aliphatic carbocycles. The first-order chi connectivity index (χ1) is 10.8. The Bertz CT molecular complexity index is 773. The first-order valence-electron chi connectivity index (χ1n) is 7.12. The number of piperazine rings is 1. The minimum atomic E-state index is 0.639. The van der Waals surface area contributed by atoms with Gasteiger partial charge in [-0.2, -0.15) is 4.52 Å². The summed E-state index contributed by atoms with van der Waals surface area (Å²) in [6, 6.07) is 3.95. The summed E-state index contributed by atoms with van der Waals surface area (Å²) in [6.45, 7) is 4.82. The van der Waals surface area contributed by atoms with E-state index < -0.39 is 0 Å². The van der Waals surface area contributed by atoms with Crippen LogP contribution in [-0.2, 0) is 6.54 Å². The van der Waals surface area contributed by atoms with Crippen molar-refractivity contribution >= 4 is 27.9 Å². The van der Waals surface area contributed by atoms with Gasteiger partial charge in [0.05, 0.1) is 0 Å². The number of thiazole rings is 1. The fourth-order valence-corrected chi connectivity index (χ4v) is 3.36. The van der Waals surface area contributed by atoms with Crippen molar-refractivity contribution in [2.75, 3.05) is 36.8 Å². The normalized spacial score (nSPS) is 16.5. The molecule has 0 unspecified atom stereocenters. The van der Waals surface area contributed by atoms with Crippen molar-refractivity contribution in [3.8, 4) is 0 Å². The van der Waals surface area contributed by atoms with Crippen LogP contribution in [-0.4, -0.2) is 55.9 Å². The lowest BCUT2D eigenvalue weighted by molar-refractivity contribution is 0.251. The quantitative estimate of drug-likeness (QED) is 0.752. The molecule has 0 atom stereocenters. The summed E-state index contributed by atoms with van der Waals surface area (Å²) in [4.78, 5) is 10.0. The Morgan fingerprint density at radius 1 is 1.18 bits per heavy atom. The van der Waals surface area contributed by atoms with E-state index in [2.05, 4.69) is 30.1 Å². The molecular weight excluding hydrogens is 300 g/mol. The van der Waals surface area contributed by atoms with Crippen molar-refractivity contribution in [3.05, 3.63) is 29.5 Å². The highest BCUT2D eigenvalue weighted by Crippen LogP contribution is 2.19. The van der Waals surface area contributed by atoms with E-state index in [9.17, 15) is 0 Å². The lowest BCUT2D eigenvalue weighted by atomic mass is 10.3. The minimum Gasteiger partial charge on any atom is -0.375 e. The van der Waals surface area contributed by atoms with Crippen molar-refractivity contribution < 1.29 is 0 Å². The van der Waals surface area contributed by atoms with Gasteiger partial charge < -0.3 is 10.6 Å². The van der Waals surface area contributed by atoms with Crippen LogP contribution in [0.1, 0.15) is 4.88 Å². The van der Waals surface area contributed by atoms with Crippen LogP contribution in [0.3, 0.4) is 0 Å². The van der Waals surface area contributed by atoms with Gasteiger partial charge >= 0.3 is 0 Å². The highest BCUT2D eigenvalue weighted by molar-refractivity contribution is 7.15. The van der Waals surface area contributed by atoms with Gasteiger partial charge in [-0.25, -0.2) is 4.98 Å². The molecule has 3 aromatic rings. The van der Waals surface area contributed by atoms with Crippen LogP contribution in [0.4, 0.5) is 10.9 Å². The van der Waals surface area contributed by atoms with Crippen LogP contribution < -0.4 is 10.6 Å². The zero-order valence-corrected chi connectivity index (χ0v) is 12.8. The van der Waals surface area contributed by atoms with E-state index in [-0.39, 0.29) is 0 Å². The second-order valence-electron chi connectivity index (χ2n) is 5.25. The molecule has 0 radical (unpaired) electrons. The molecule has 4 rings (SSSR count). The van der Waals surface area contributed by atoms with Crippen LogP contribution >= 0.6 is 11.3 Å². The largest absolute Gasteiger partial charge is 0.375 e. The summed E-state index contributed by atoms with van der Waals surface area (Å²) in [7, 11) is 0. The fourth-order valence-electron chi connectivity index (χ4n) is 2.64. The zero-order chi connectivity index (χ0) is 14.9. The summed E-state index contributed by atoms with van der Waals surface area (Å²) in [5, 5.41) is 13.0. The third kappa shape index (κ3) is 2.60. The standard InChI is InChI=1S/C13H16N8S/c14-13-15-7-10(22-13)8-19-3-5-20(6-4-19)12-2-1-11-17-16-9-21(11)18-12/h1-2,7,9H,3-6,8H2,(H2,14,15). The lowest BCUT2D eigenvalue weighted by Crippen LogP contribution is -2.46. The van der Waals surface area contributed by atoms with Crippen molar-refractivity contribution in [2.24, 2.45) is 0 Å². The summed E-state index contributed by atoms with van der Waals surface area (Å²) < 4.78 is 1.71. The SMILES string of the molecule is Nc1ncc(CN2CCN(c3ccc4nncn4n3)CC2)s1. The van der Waals surface area contributed by atoms with Gasteiger partial charge in [-0.05, 0) is 12.1 Å². The molecule has 1 aliphatic rings. The second-order valence-corrected chi connectivity index (χ2v) is 6.40. The molecule has 114 valence electrons. The third-order valence-corrected chi connectivity index (χ3v) is 4.61. The van der Waals surface area contributed by atoms with Gasteiger partial charge in [-0.1, -0.05) is 0 Å². The average molecular weight is 316 g/mol. The fraction of sp³-hybridized carbons (Fsp3) is 0.385. The number of fused-ring (bicyclic) bond motifs is 1. The first kappa shape index (κ1) is 13.4. The number of anilines is 2. The van der Waals surface area contributed by atoms with E-state index >= 15 is 0 Å². The number of aromatic nitrogens is 5. The Morgan fingerprint density at radius 2 is 2.05 bits per heavy atom. The number of hydrogen-bond donors (Lipinski definition) is 1. The van der Waals surface area contributed by atoms with Crippen LogP contribution in [0, 0.1) is 0 Å². The van der Waals surface area contributed by atoms with Crippen LogP contribution in [0.5, 0.6) is 0 Å². The number of hydrogen-bond acceptors (Lipinski definition) is 8. The Morgan fingerprint density at radius 3 is 2.82 bits per heavy atom. The van der Waals surface area contributed by atoms with Gasteiger partial charge in [0, 0.05) is 43.8 Å². The number of nitrogen functional groups attached to an aromatic ring is 1. The summed E-state index contributed by atoms with van der Waals surface area (Å²) in [5.74, 6) is 0.967. The van der Waals surface area contributed by atoms with E-state index in [0.717, 1.165) is 44.2 Å². The molecule has 1 aliphatic heterocycles. The number of nitrogens with two attached hydrogens (primary N) is 1. The molecular formula is C13H16N8S. The molecule has 9 heteroatoms. The van der Waals surface area contributed by atoms with Gasteiger partial charge in [0.1, 0.15) is 12.1 Å². The molecule has 3 aromatic heterocycles. The molecule has 0 aromatic carbocycles. The summed E-state index contributed by atoms with van der Waals surface area (Å²) in [6.07, 6.45) is 3.50. The Labute approximate surface area is 131 Å². The van der Waals surface area contributed by atoms with E-state index in [1.807, 2.05) is 18.3 Å². The monoisotopic (exact) mass is 316 g/mol. The lowest BCUT2D eigenvalue weighted by Gasteiger charge is -2.34. The molecule has 0 bridgehead atoms. The van der Waals surface area contributed by atoms with Crippen LogP contribution in [0.25, 0.3) is 5.65 Å². The molecule has 8 nitrogen and oxygen atoms in total.